The number of hydrogen-bond donors (Lipinski definition) is 2. The van der Waals surface area contributed by atoms with E-state index in [9.17, 15) is 23.5 Å². The Morgan fingerprint density at radius 1 is 1.39 bits per heavy atom. The quantitative estimate of drug-likeness (QED) is 0.802. The van der Waals surface area contributed by atoms with Crippen molar-refractivity contribution < 1.29 is 28.6 Å². The third kappa shape index (κ3) is 3.37. The van der Waals surface area contributed by atoms with Crippen molar-refractivity contribution in [3.63, 3.8) is 0 Å². The minimum absolute atomic E-state index is 0.126. The van der Waals surface area contributed by atoms with Crippen LogP contribution in [-0.2, 0) is 4.79 Å². The molecule has 0 bridgehead atoms. The molecule has 1 heterocycles. The lowest BCUT2D eigenvalue weighted by Crippen LogP contribution is -2.46. The SMILES string of the molecule is CN(C(=O)[C@@H]1CC(C)(O)CN1C(=O)O)c1cc(Cl)c(F)cc1F. The maximum Gasteiger partial charge on any atom is 0.408 e. The van der Waals surface area contributed by atoms with Gasteiger partial charge in [-0.05, 0) is 13.0 Å². The molecule has 2 N–H and O–H groups in total. The van der Waals surface area contributed by atoms with Gasteiger partial charge in [0.2, 0.25) is 5.91 Å². The summed E-state index contributed by atoms with van der Waals surface area (Å²) < 4.78 is 27.1. The van der Waals surface area contributed by atoms with Crippen LogP contribution in [0.5, 0.6) is 0 Å². The van der Waals surface area contributed by atoms with Gasteiger partial charge < -0.3 is 15.1 Å². The Bertz CT molecular complexity index is 668. The fourth-order valence-electron chi connectivity index (χ4n) is 2.60. The largest absolute Gasteiger partial charge is 0.465 e. The molecule has 0 saturated carbocycles. The molecule has 126 valence electrons. The molecule has 1 unspecified atom stereocenters. The number of carbonyl (C=O) groups excluding carboxylic acids is 1. The highest BCUT2D eigenvalue weighted by Gasteiger charge is 2.46. The van der Waals surface area contributed by atoms with Gasteiger partial charge in [0, 0.05) is 19.5 Å². The molecule has 1 aromatic rings. The molecule has 23 heavy (non-hydrogen) atoms. The maximum absolute atomic E-state index is 13.9. The van der Waals surface area contributed by atoms with Gasteiger partial charge in [-0.2, -0.15) is 0 Å². The Labute approximate surface area is 135 Å². The predicted octanol–water partition coefficient (Wildman–Crippen LogP) is 2.08. The number of likely N-dealkylation sites (N-methyl/N-ethyl adjacent to an activating group) is 1. The topological polar surface area (TPSA) is 81.1 Å². The Morgan fingerprint density at radius 3 is 2.57 bits per heavy atom. The van der Waals surface area contributed by atoms with Crippen molar-refractivity contribution in [2.45, 2.75) is 25.0 Å². The van der Waals surface area contributed by atoms with E-state index in [0.717, 1.165) is 15.9 Å². The first-order chi connectivity index (χ1) is 10.5. The van der Waals surface area contributed by atoms with Crippen molar-refractivity contribution in [3.05, 3.63) is 28.8 Å². The summed E-state index contributed by atoms with van der Waals surface area (Å²) >= 11 is 5.59. The Hall–Kier alpha value is -1.93. The van der Waals surface area contributed by atoms with Crippen LogP contribution >= 0.6 is 11.6 Å². The molecular weight excluding hydrogens is 334 g/mol. The van der Waals surface area contributed by atoms with Crippen molar-refractivity contribution in [2.75, 3.05) is 18.5 Å². The van der Waals surface area contributed by atoms with Crippen LogP contribution in [0.2, 0.25) is 5.02 Å². The summed E-state index contributed by atoms with van der Waals surface area (Å²) in [6.45, 7) is 1.17. The molecule has 0 aromatic heterocycles. The minimum Gasteiger partial charge on any atom is -0.465 e. The zero-order valence-electron chi connectivity index (χ0n) is 12.4. The summed E-state index contributed by atoms with van der Waals surface area (Å²) in [5.74, 6) is -2.72. The first kappa shape index (κ1) is 17.4. The second-order valence-electron chi connectivity index (χ2n) is 5.74. The third-order valence-electron chi connectivity index (χ3n) is 3.73. The summed E-state index contributed by atoms with van der Waals surface area (Å²) in [6, 6.07) is 0.319. The molecule has 1 fully saturated rings. The van der Waals surface area contributed by atoms with E-state index in [0.29, 0.717) is 6.07 Å². The molecule has 6 nitrogen and oxygen atoms in total. The van der Waals surface area contributed by atoms with Crippen LogP contribution in [0.25, 0.3) is 0 Å². The molecule has 2 amide bonds. The summed E-state index contributed by atoms with van der Waals surface area (Å²) in [4.78, 5) is 25.4. The molecule has 1 aromatic carbocycles. The highest BCUT2D eigenvalue weighted by Crippen LogP contribution is 2.31. The first-order valence-corrected chi connectivity index (χ1v) is 7.05. The molecule has 9 heteroatoms. The number of nitrogens with zero attached hydrogens (tertiary/aromatic N) is 2. The van der Waals surface area contributed by atoms with E-state index < -0.39 is 35.3 Å². The van der Waals surface area contributed by atoms with Crippen molar-refractivity contribution >= 4 is 29.3 Å². The average molecular weight is 349 g/mol. The number of benzene rings is 1. The van der Waals surface area contributed by atoms with Gasteiger partial charge in [0.15, 0.2) is 0 Å². The van der Waals surface area contributed by atoms with Gasteiger partial charge in [0.25, 0.3) is 0 Å². The van der Waals surface area contributed by atoms with Crippen molar-refractivity contribution in [3.8, 4) is 0 Å². The Balaban J connectivity index is 2.32. The van der Waals surface area contributed by atoms with Crippen LogP contribution in [0, 0.1) is 11.6 Å². The van der Waals surface area contributed by atoms with Crippen molar-refractivity contribution in [2.24, 2.45) is 0 Å². The average Bonchev–Trinajstić information content (AvgIpc) is 2.77. The van der Waals surface area contributed by atoms with Gasteiger partial charge in [-0.3, -0.25) is 9.69 Å². The molecule has 2 atom stereocenters. The summed E-state index contributed by atoms with van der Waals surface area (Å²) in [6.07, 6.45) is -1.49. The Kier molecular flexibility index (Phi) is 4.50. The van der Waals surface area contributed by atoms with E-state index in [-0.39, 0.29) is 23.7 Å². The van der Waals surface area contributed by atoms with Crippen LogP contribution in [0.3, 0.4) is 0 Å². The summed E-state index contributed by atoms with van der Waals surface area (Å²) in [7, 11) is 1.22. The number of aliphatic hydroxyl groups is 1. The predicted molar refractivity (Wildman–Crippen MR) is 78.5 cm³/mol. The van der Waals surface area contributed by atoms with E-state index in [1.807, 2.05) is 0 Å². The summed E-state index contributed by atoms with van der Waals surface area (Å²) in [5, 5.41) is 18.8. The second-order valence-corrected chi connectivity index (χ2v) is 6.15. The summed E-state index contributed by atoms with van der Waals surface area (Å²) in [5.41, 5.74) is -1.64. The van der Waals surface area contributed by atoms with Crippen LogP contribution < -0.4 is 4.90 Å². The number of amides is 2. The first-order valence-electron chi connectivity index (χ1n) is 6.67. The van der Waals surface area contributed by atoms with Gasteiger partial charge >= 0.3 is 6.09 Å². The molecule has 1 aliphatic heterocycles. The number of carboxylic acid groups (broad SMARTS) is 1. The standard InChI is InChI=1S/C14H15ClF2N2O4/c1-14(23)5-11(19(6-14)13(21)22)12(20)18(2)10-3-7(15)8(16)4-9(10)17/h3-4,11,23H,5-6H2,1-2H3,(H,21,22)/t11-,14?/m0/s1. The van der Waals surface area contributed by atoms with Crippen molar-refractivity contribution in [1.29, 1.82) is 0 Å². The molecular formula is C14H15ClF2N2O4. The van der Waals surface area contributed by atoms with Gasteiger partial charge in [0.1, 0.15) is 17.7 Å². The third-order valence-corrected chi connectivity index (χ3v) is 4.02. The number of β-amino-alcohol motifs (C(OH)–C–C–N with tert-alkyl or cyclic N) is 1. The van der Waals surface area contributed by atoms with Gasteiger partial charge in [-0.25, -0.2) is 13.6 Å². The smallest absolute Gasteiger partial charge is 0.408 e. The van der Waals surface area contributed by atoms with E-state index in [2.05, 4.69) is 0 Å². The zero-order chi connectivity index (χ0) is 17.5. The van der Waals surface area contributed by atoms with Crippen molar-refractivity contribution in [1.82, 2.24) is 4.90 Å². The highest BCUT2D eigenvalue weighted by atomic mass is 35.5. The second kappa shape index (κ2) is 5.93. The van der Waals surface area contributed by atoms with Gasteiger partial charge in [-0.1, -0.05) is 11.6 Å². The minimum atomic E-state index is -1.37. The van der Waals surface area contributed by atoms with E-state index in [4.69, 9.17) is 16.7 Å². The maximum atomic E-state index is 13.9. The van der Waals surface area contributed by atoms with E-state index in [1.54, 1.807) is 0 Å². The molecule has 1 aliphatic rings. The lowest BCUT2D eigenvalue weighted by atomic mass is 10.0. The van der Waals surface area contributed by atoms with Crippen LogP contribution in [0.1, 0.15) is 13.3 Å². The number of likely N-dealkylation sites (tertiary alicyclic amines) is 1. The molecule has 0 spiro atoms. The van der Waals surface area contributed by atoms with Gasteiger partial charge in [0.05, 0.1) is 22.9 Å². The Morgan fingerprint density at radius 2 is 2.00 bits per heavy atom. The van der Waals surface area contributed by atoms with Gasteiger partial charge in [-0.15, -0.1) is 0 Å². The number of carbonyl (C=O) groups is 2. The lowest BCUT2D eigenvalue weighted by Gasteiger charge is -2.26. The normalized spacial score (nSPS) is 23.9. The highest BCUT2D eigenvalue weighted by molar-refractivity contribution is 6.31. The molecule has 0 aliphatic carbocycles. The molecule has 2 rings (SSSR count). The fourth-order valence-corrected chi connectivity index (χ4v) is 2.76. The number of halogens is 3. The zero-order valence-corrected chi connectivity index (χ0v) is 13.1. The monoisotopic (exact) mass is 348 g/mol. The van der Waals surface area contributed by atoms with Crippen LogP contribution in [-0.4, -0.2) is 52.3 Å². The lowest BCUT2D eigenvalue weighted by molar-refractivity contribution is -0.122. The van der Waals surface area contributed by atoms with Crippen LogP contribution in [0.4, 0.5) is 19.3 Å². The van der Waals surface area contributed by atoms with E-state index >= 15 is 0 Å². The molecule has 1 saturated heterocycles. The fraction of sp³-hybridized carbons (Fsp3) is 0.429. The number of rotatable bonds is 2. The number of hydrogen-bond acceptors (Lipinski definition) is 3. The molecule has 0 radical (unpaired) electrons. The van der Waals surface area contributed by atoms with E-state index in [1.165, 1.54) is 14.0 Å². The van der Waals surface area contributed by atoms with Crippen LogP contribution in [0.15, 0.2) is 12.1 Å². The number of anilines is 1.